The van der Waals surface area contributed by atoms with Gasteiger partial charge in [0.1, 0.15) is 0 Å². The molecule has 0 radical (unpaired) electrons. The summed E-state index contributed by atoms with van der Waals surface area (Å²) >= 11 is 4.35. The first kappa shape index (κ1) is 18.3. The molecule has 1 unspecified atom stereocenters. The first-order valence-electron chi connectivity index (χ1n) is 7.35. The third-order valence-electron chi connectivity index (χ3n) is 3.94. The summed E-state index contributed by atoms with van der Waals surface area (Å²) in [6, 6.07) is 0. The first-order valence-corrected chi connectivity index (χ1v) is 7.99. The van der Waals surface area contributed by atoms with Crippen LogP contribution >= 0.6 is 12.6 Å². The van der Waals surface area contributed by atoms with Crippen molar-refractivity contribution in [3.63, 3.8) is 0 Å². The lowest BCUT2D eigenvalue weighted by molar-refractivity contribution is -0.229. The largest absolute Gasteiger partial charge is 0.353 e. The van der Waals surface area contributed by atoms with Crippen molar-refractivity contribution in [1.82, 2.24) is 0 Å². The fourth-order valence-corrected chi connectivity index (χ4v) is 2.72. The summed E-state index contributed by atoms with van der Waals surface area (Å²) in [6.07, 6.45) is 10.2. The van der Waals surface area contributed by atoms with E-state index in [4.69, 9.17) is 9.47 Å². The Kier molecular flexibility index (Phi) is 11.3. The summed E-state index contributed by atoms with van der Waals surface area (Å²) in [5, 5.41) is 0. The molecule has 0 aliphatic rings. The van der Waals surface area contributed by atoms with Gasteiger partial charge in [0.05, 0.1) is 0 Å². The molecule has 110 valence electrons. The van der Waals surface area contributed by atoms with Crippen LogP contribution in [0.25, 0.3) is 0 Å². The third-order valence-corrected chi connectivity index (χ3v) is 4.19. The Morgan fingerprint density at radius 3 is 2.00 bits per heavy atom. The summed E-state index contributed by atoms with van der Waals surface area (Å²) in [6.45, 7) is 4.30. The minimum absolute atomic E-state index is 0.441. The minimum atomic E-state index is -0.452. The summed E-state index contributed by atoms with van der Waals surface area (Å²) in [5.74, 6) is 0.880. The number of hydrogen-bond acceptors (Lipinski definition) is 3. The molecule has 0 heterocycles. The van der Waals surface area contributed by atoms with Gasteiger partial charge in [-0.25, -0.2) is 0 Å². The molecule has 0 N–H and O–H groups in total. The van der Waals surface area contributed by atoms with Gasteiger partial charge < -0.3 is 9.47 Å². The Morgan fingerprint density at radius 2 is 1.50 bits per heavy atom. The number of thiol groups is 1. The second kappa shape index (κ2) is 11.1. The fourth-order valence-electron chi connectivity index (χ4n) is 2.41. The lowest BCUT2D eigenvalue weighted by Crippen LogP contribution is -2.39. The molecule has 2 nitrogen and oxygen atoms in total. The average molecular weight is 276 g/mol. The van der Waals surface area contributed by atoms with E-state index in [1.807, 2.05) is 6.92 Å². The highest BCUT2D eigenvalue weighted by atomic mass is 32.1. The molecule has 0 aromatic heterocycles. The Morgan fingerprint density at radius 1 is 0.944 bits per heavy atom. The number of unbranched alkanes of at least 4 members (excludes halogenated alkanes) is 5. The van der Waals surface area contributed by atoms with E-state index in [1.165, 1.54) is 44.9 Å². The summed E-state index contributed by atoms with van der Waals surface area (Å²) in [5.41, 5.74) is 0. The SMILES string of the molecule is CCCCCCCCC(CCS)C(C)(OC)OC. The van der Waals surface area contributed by atoms with E-state index < -0.39 is 5.79 Å². The van der Waals surface area contributed by atoms with Crippen LogP contribution in [0.1, 0.15) is 65.2 Å². The van der Waals surface area contributed by atoms with E-state index in [0.717, 1.165) is 12.2 Å². The highest BCUT2D eigenvalue weighted by Gasteiger charge is 2.33. The first-order chi connectivity index (χ1) is 8.64. The third kappa shape index (κ3) is 7.01. The second-order valence-corrected chi connectivity index (χ2v) is 5.64. The van der Waals surface area contributed by atoms with E-state index in [0.29, 0.717) is 5.92 Å². The van der Waals surface area contributed by atoms with Gasteiger partial charge in [0, 0.05) is 20.1 Å². The van der Waals surface area contributed by atoms with Crippen molar-refractivity contribution < 1.29 is 9.47 Å². The van der Waals surface area contributed by atoms with Gasteiger partial charge in [-0.1, -0.05) is 45.4 Å². The van der Waals surface area contributed by atoms with E-state index in [-0.39, 0.29) is 0 Å². The van der Waals surface area contributed by atoms with E-state index in [1.54, 1.807) is 14.2 Å². The molecule has 0 aliphatic carbocycles. The van der Waals surface area contributed by atoms with Gasteiger partial charge >= 0.3 is 0 Å². The molecule has 0 aliphatic heterocycles. The van der Waals surface area contributed by atoms with Crippen molar-refractivity contribution in [2.45, 2.75) is 71.0 Å². The molecule has 0 aromatic carbocycles. The van der Waals surface area contributed by atoms with Crippen LogP contribution in [0.4, 0.5) is 0 Å². The van der Waals surface area contributed by atoms with Crippen molar-refractivity contribution in [1.29, 1.82) is 0 Å². The standard InChI is InChI=1S/C15H32O2S/c1-5-6-7-8-9-10-11-14(12-13-18)15(2,16-3)17-4/h14,18H,5-13H2,1-4H3. The van der Waals surface area contributed by atoms with Gasteiger partial charge in [-0.15, -0.1) is 0 Å². The smallest absolute Gasteiger partial charge is 0.167 e. The van der Waals surface area contributed by atoms with E-state index in [9.17, 15) is 0 Å². The Hall–Kier alpha value is 0.270. The molecular weight excluding hydrogens is 244 g/mol. The molecule has 3 heteroatoms. The quantitative estimate of drug-likeness (QED) is 0.317. The number of hydrogen-bond donors (Lipinski definition) is 1. The minimum Gasteiger partial charge on any atom is -0.353 e. The Balaban J connectivity index is 3.96. The van der Waals surface area contributed by atoms with Crippen LogP contribution in [-0.2, 0) is 9.47 Å². The molecule has 0 amide bonds. The second-order valence-electron chi connectivity index (χ2n) is 5.19. The van der Waals surface area contributed by atoms with Gasteiger partial charge in [0.15, 0.2) is 5.79 Å². The van der Waals surface area contributed by atoms with Crippen molar-refractivity contribution in [2.75, 3.05) is 20.0 Å². The molecule has 0 rings (SSSR count). The summed E-state index contributed by atoms with van der Waals surface area (Å²) in [4.78, 5) is 0. The molecular formula is C15H32O2S. The lowest BCUT2D eigenvalue weighted by atomic mass is 9.90. The van der Waals surface area contributed by atoms with Gasteiger partial charge in [-0.3, -0.25) is 0 Å². The van der Waals surface area contributed by atoms with Gasteiger partial charge in [-0.05, 0) is 25.5 Å². The molecule has 0 saturated heterocycles. The van der Waals surface area contributed by atoms with Crippen LogP contribution in [0.2, 0.25) is 0 Å². The van der Waals surface area contributed by atoms with Crippen molar-refractivity contribution >= 4 is 12.6 Å². The highest BCUT2D eigenvalue weighted by molar-refractivity contribution is 7.80. The molecule has 0 bridgehead atoms. The maximum Gasteiger partial charge on any atom is 0.167 e. The zero-order chi connectivity index (χ0) is 13.9. The predicted octanol–water partition coefficient (Wildman–Crippen LogP) is 4.68. The molecule has 0 saturated carbocycles. The zero-order valence-corrected chi connectivity index (χ0v) is 13.6. The maximum absolute atomic E-state index is 5.54. The molecule has 18 heavy (non-hydrogen) atoms. The molecule has 0 spiro atoms. The van der Waals surface area contributed by atoms with Crippen LogP contribution in [0.3, 0.4) is 0 Å². The van der Waals surface area contributed by atoms with Gasteiger partial charge in [0.2, 0.25) is 0 Å². The van der Waals surface area contributed by atoms with Crippen molar-refractivity contribution in [2.24, 2.45) is 5.92 Å². The monoisotopic (exact) mass is 276 g/mol. The number of ether oxygens (including phenoxy) is 2. The van der Waals surface area contributed by atoms with Crippen LogP contribution in [0, 0.1) is 5.92 Å². The van der Waals surface area contributed by atoms with Crippen LogP contribution in [-0.4, -0.2) is 25.8 Å². The van der Waals surface area contributed by atoms with Crippen molar-refractivity contribution in [3.8, 4) is 0 Å². The van der Waals surface area contributed by atoms with E-state index in [2.05, 4.69) is 19.6 Å². The van der Waals surface area contributed by atoms with Crippen LogP contribution in [0.5, 0.6) is 0 Å². The maximum atomic E-state index is 5.54. The molecule has 1 atom stereocenters. The topological polar surface area (TPSA) is 18.5 Å². The highest BCUT2D eigenvalue weighted by Crippen LogP contribution is 2.30. The fraction of sp³-hybridized carbons (Fsp3) is 1.00. The number of methoxy groups -OCH3 is 2. The van der Waals surface area contributed by atoms with Crippen LogP contribution in [0.15, 0.2) is 0 Å². The van der Waals surface area contributed by atoms with Crippen LogP contribution < -0.4 is 0 Å². The molecule has 0 fully saturated rings. The van der Waals surface area contributed by atoms with E-state index >= 15 is 0 Å². The molecule has 0 aromatic rings. The zero-order valence-electron chi connectivity index (χ0n) is 12.7. The van der Waals surface area contributed by atoms with Gasteiger partial charge in [-0.2, -0.15) is 12.6 Å². The average Bonchev–Trinajstić information content (AvgIpc) is 2.40. The number of rotatable bonds is 12. The normalized spacial score (nSPS) is 13.8. The van der Waals surface area contributed by atoms with Gasteiger partial charge in [0.25, 0.3) is 0 Å². The lowest BCUT2D eigenvalue weighted by Gasteiger charge is -2.35. The Labute approximate surface area is 119 Å². The predicted molar refractivity (Wildman–Crippen MR) is 82.4 cm³/mol. The summed E-state index contributed by atoms with van der Waals surface area (Å²) < 4.78 is 11.1. The Bertz CT molecular complexity index is 181. The van der Waals surface area contributed by atoms with Crippen molar-refractivity contribution in [3.05, 3.63) is 0 Å². The summed E-state index contributed by atoms with van der Waals surface area (Å²) in [7, 11) is 3.46.